The Kier molecular flexibility index (Phi) is 6.76. The van der Waals surface area contributed by atoms with Crippen LogP contribution in [0.15, 0.2) is 71.6 Å². The lowest BCUT2D eigenvalue weighted by Crippen LogP contribution is -2.06. The van der Waals surface area contributed by atoms with Gasteiger partial charge in [0, 0.05) is 43.4 Å². The summed E-state index contributed by atoms with van der Waals surface area (Å²) in [5, 5.41) is 5.23. The zero-order valence-electron chi connectivity index (χ0n) is 17.2. The number of rotatable bonds is 7. The summed E-state index contributed by atoms with van der Waals surface area (Å²) in [7, 11) is -4.59. The van der Waals surface area contributed by atoms with Gasteiger partial charge in [0.25, 0.3) is 10.1 Å². The van der Waals surface area contributed by atoms with Gasteiger partial charge in [0.05, 0.1) is 0 Å². The van der Waals surface area contributed by atoms with Crippen LogP contribution >= 0.6 is 0 Å². The highest BCUT2D eigenvalue weighted by molar-refractivity contribution is 7.86. The molecular weight excluding hydrogens is 436 g/mol. The molecule has 0 bridgehead atoms. The van der Waals surface area contributed by atoms with Crippen molar-refractivity contribution in [3.05, 3.63) is 66.7 Å². The van der Waals surface area contributed by atoms with E-state index in [-0.39, 0.29) is 29.1 Å². The summed E-state index contributed by atoms with van der Waals surface area (Å²) >= 11 is 0. The molecule has 0 spiro atoms. The average molecular weight is 456 g/mol. The first-order valence-corrected chi connectivity index (χ1v) is 10.8. The Bertz CT molecular complexity index is 1270. The third-order valence-electron chi connectivity index (χ3n) is 3.97. The zero-order valence-corrected chi connectivity index (χ0v) is 18.0. The van der Waals surface area contributed by atoms with E-state index in [9.17, 15) is 22.6 Å². The molecule has 0 heterocycles. The van der Waals surface area contributed by atoms with E-state index in [1.165, 1.54) is 32.0 Å². The van der Waals surface area contributed by atoms with Crippen molar-refractivity contribution in [2.24, 2.45) is 0 Å². The number of ether oxygens (including phenoxy) is 2. The van der Waals surface area contributed by atoms with Crippen molar-refractivity contribution in [1.29, 1.82) is 0 Å². The van der Waals surface area contributed by atoms with Crippen LogP contribution < -0.4 is 20.1 Å². The summed E-state index contributed by atoms with van der Waals surface area (Å²) in [6.07, 6.45) is 0. The van der Waals surface area contributed by atoms with Gasteiger partial charge < -0.3 is 20.1 Å². The van der Waals surface area contributed by atoms with E-state index in [1.807, 2.05) is 0 Å². The molecule has 3 aromatic rings. The Hall–Kier alpha value is -3.89. The Morgan fingerprint density at radius 2 is 1.25 bits per heavy atom. The van der Waals surface area contributed by atoms with Crippen molar-refractivity contribution in [1.82, 2.24) is 0 Å². The third kappa shape index (κ3) is 6.30. The van der Waals surface area contributed by atoms with Gasteiger partial charge in [0.1, 0.15) is 22.1 Å². The van der Waals surface area contributed by atoms with Gasteiger partial charge in [-0.25, -0.2) is 0 Å². The topological polar surface area (TPSA) is 131 Å². The van der Waals surface area contributed by atoms with Gasteiger partial charge in [0.15, 0.2) is 5.75 Å². The number of benzene rings is 3. The van der Waals surface area contributed by atoms with Crippen LogP contribution in [0.3, 0.4) is 0 Å². The normalized spacial score (nSPS) is 10.8. The molecule has 32 heavy (non-hydrogen) atoms. The minimum Gasteiger partial charge on any atom is -0.457 e. The largest absolute Gasteiger partial charge is 0.457 e. The molecule has 0 saturated carbocycles. The summed E-state index contributed by atoms with van der Waals surface area (Å²) in [4.78, 5) is 22.1. The van der Waals surface area contributed by atoms with Gasteiger partial charge in [-0.3, -0.25) is 14.1 Å². The summed E-state index contributed by atoms with van der Waals surface area (Å²) in [6, 6.07) is 16.7. The lowest BCUT2D eigenvalue weighted by Gasteiger charge is -2.13. The highest BCUT2D eigenvalue weighted by Gasteiger charge is 2.19. The molecule has 0 fully saturated rings. The van der Waals surface area contributed by atoms with E-state index in [0.29, 0.717) is 17.1 Å². The Labute approximate surface area is 184 Å². The Morgan fingerprint density at radius 1 is 0.750 bits per heavy atom. The van der Waals surface area contributed by atoms with E-state index in [4.69, 9.17) is 9.47 Å². The van der Waals surface area contributed by atoms with E-state index in [0.717, 1.165) is 6.07 Å². The molecule has 3 rings (SSSR count). The first-order chi connectivity index (χ1) is 15.1. The summed E-state index contributed by atoms with van der Waals surface area (Å²) in [5.74, 6) is 0.142. The maximum atomic E-state index is 11.8. The molecule has 9 nitrogen and oxygen atoms in total. The summed E-state index contributed by atoms with van der Waals surface area (Å²) in [5.41, 5.74) is 0.974. The second-order valence-electron chi connectivity index (χ2n) is 6.71. The molecule has 0 aromatic heterocycles. The van der Waals surface area contributed by atoms with Crippen molar-refractivity contribution in [3.8, 4) is 23.0 Å². The van der Waals surface area contributed by atoms with Gasteiger partial charge in [-0.2, -0.15) is 8.42 Å². The number of hydrogen-bond acceptors (Lipinski definition) is 6. The fraction of sp³-hybridized carbons (Fsp3) is 0.0909. The lowest BCUT2D eigenvalue weighted by molar-refractivity contribution is -0.115. The average Bonchev–Trinajstić information content (AvgIpc) is 2.67. The lowest BCUT2D eigenvalue weighted by atomic mass is 10.2. The van der Waals surface area contributed by atoms with Crippen molar-refractivity contribution in [2.75, 3.05) is 10.6 Å². The van der Waals surface area contributed by atoms with Gasteiger partial charge in [-0.05, 0) is 36.4 Å². The molecule has 0 aliphatic heterocycles. The number of carbonyl (C=O) groups is 2. The fourth-order valence-corrected chi connectivity index (χ4v) is 3.38. The SMILES string of the molecule is CC(=O)Nc1cccc(Oc2ccc(S(=O)(=O)O)c(Oc3cccc(NC(C)=O)c3)c2)c1. The van der Waals surface area contributed by atoms with Crippen LogP contribution in [0.4, 0.5) is 11.4 Å². The van der Waals surface area contributed by atoms with Crippen LogP contribution in [0.25, 0.3) is 0 Å². The second kappa shape index (κ2) is 9.50. The molecule has 2 amide bonds. The number of hydrogen-bond donors (Lipinski definition) is 3. The molecule has 166 valence electrons. The molecule has 0 radical (unpaired) electrons. The molecule has 0 aliphatic carbocycles. The number of anilines is 2. The predicted molar refractivity (Wildman–Crippen MR) is 118 cm³/mol. The molecular formula is C22H20N2O7S. The van der Waals surface area contributed by atoms with E-state index >= 15 is 0 Å². The zero-order chi connectivity index (χ0) is 23.3. The molecule has 10 heteroatoms. The van der Waals surface area contributed by atoms with Crippen molar-refractivity contribution >= 4 is 33.3 Å². The predicted octanol–water partition coefficient (Wildman–Crippen LogP) is 4.43. The van der Waals surface area contributed by atoms with Crippen molar-refractivity contribution in [2.45, 2.75) is 18.7 Å². The maximum Gasteiger partial charge on any atom is 0.298 e. The molecule has 3 N–H and O–H groups in total. The molecule has 0 unspecified atom stereocenters. The van der Waals surface area contributed by atoms with Crippen molar-refractivity contribution < 1.29 is 32.0 Å². The second-order valence-corrected chi connectivity index (χ2v) is 8.10. The Balaban J connectivity index is 1.92. The molecule has 0 aliphatic rings. The van der Waals surface area contributed by atoms with Crippen LogP contribution in [0, 0.1) is 0 Å². The number of carbonyl (C=O) groups excluding carboxylic acids is 2. The number of nitrogens with one attached hydrogen (secondary N) is 2. The molecule has 0 atom stereocenters. The smallest absolute Gasteiger partial charge is 0.298 e. The van der Waals surface area contributed by atoms with Crippen LogP contribution in [0.5, 0.6) is 23.0 Å². The standard InChI is InChI=1S/C22H20N2O7S/c1-14(25)23-16-5-3-7-18(11-16)30-20-9-10-22(32(27,28)29)21(13-20)31-19-8-4-6-17(12-19)24-15(2)26/h3-13H,1-2H3,(H,23,25)(H,24,26)(H,27,28,29). The highest BCUT2D eigenvalue weighted by Crippen LogP contribution is 2.35. The molecule has 0 saturated heterocycles. The third-order valence-corrected chi connectivity index (χ3v) is 4.86. The monoisotopic (exact) mass is 456 g/mol. The highest BCUT2D eigenvalue weighted by atomic mass is 32.2. The first-order valence-electron chi connectivity index (χ1n) is 9.33. The Morgan fingerprint density at radius 3 is 1.75 bits per heavy atom. The summed E-state index contributed by atoms with van der Waals surface area (Å²) in [6.45, 7) is 2.73. The minimum atomic E-state index is -4.59. The van der Waals surface area contributed by atoms with Crippen LogP contribution in [0.1, 0.15) is 13.8 Å². The van der Waals surface area contributed by atoms with Gasteiger partial charge in [-0.15, -0.1) is 0 Å². The maximum absolute atomic E-state index is 11.8. The molecule has 3 aromatic carbocycles. The van der Waals surface area contributed by atoms with Crippen molar-refractivity contribution in [3.63, 3.8) is 0 Å². The van der Waals surface area contributed by atoms with Gasteiger partial charge in [-0.1, -0.05) is 12.1 Å². The first kappa shape index (κ1) is 22.8. The van der Waals surface area contributed by atoms with Crippen LogP contribution in [-0.2, 0) is 19.7 Å². The van der Waals surface area contributed by atoms with Crippen LogP contribution in [-0.4, -0.2) is 24.8 Å². The quantitative estimate of drug-likeness (QED) is 0.448. The number of amides is 2. The summed E-state index contributed by atoms with van der Waals surface area (Å²) < 4.78 is 44.6. The minimum absolute atomic E-state index is 0.178. The van der Waals surface area contributed by atoms with E-state index in [1.54, 1.807) is 42.5 Å². The van der Waals surface area contributed by atoms with Gasteiger partial charge in [0.2, 0.25) is 11.8 Å². The van der Waals surface area contributed by atoms with E-state index < -0.39 is 15.0 Å². The van der Waals surface area contributed by atoms with Gasteiger partial charge >= 0.3 is 0 Å². The van der Waals surface area contributed by atoms with E-state index in [2.05, 4.69) is 10.6 Å². The fourth-order valence-electron chi connectivity index (χ4n) is 2.79. The van der Waals surface area contributed by atoms with Crippen LogP contribution in [0.2, 0.25) is 0 Å².